The second-order valence-corrected chi connectivity index (χ2v) is 15.4. The fourth-order valence-electron chi connectivity index (χ4n) is 9.24. The molecule has 10 rings (SSSR count). The first-order valence-corrected chi connectivity index (χ1v) is 19.4. The van der Waals surface area contributed by atoms with E-state index in [0.717, 1.165) is 33.6 Å². The van der Waals surface area contributed by atoms with Crippen molar-refractivity contribution in [2.75, 3.05) is 5.32 Å². The Balaban J connectivity index is 1.16. The molecule has 0 heterocycles. The van der Waals surface area contributed by atoms with Crippen LogP contribution in [0, 0.1) is 0 Å². The Hall–Kier alpha value is -6.96. The molecule has 1 aliphatic rings. The van der Waals surface area contributed by atoms with Gasteiger partial charge in [0.2, 0.25) is 0 Å². The van der Waals surface area contributed by atoms with E-state index in [-0.39, 0.29) is 5.41 Å². The predicted octanol–water partition coefficient (Wildman–Crippen LogP) is 15.5. The molecule has 9 aromatic rings. The first-order valence-electron chi connectivity index (χ1n) is 19.4. The van der Waals surface area contributed by atoms with Crippen LogP contribution in [-0.4, -0.2) is 0 Å². The molecule has 1 nitrogen and oxygen atoms in total. The maximum Gasteiger partial charge on any atom is 0.0464 e. The average Bonchev–Trinajstić information content (AvgIpc) is 3.47. The zero-order valence-electron chi connectivity index (χ0n) is 31.7. The quantitative estimate of drug-likeness (QED) is 0.162. The van der Waals surface area contributed by atoms with E-state index >= 15 is 0 Å². The highest BCUT2D eigenvalue weighted by Gasteiger charge is 2.36. The van der Waals surface area contributed by atoms with Crippen LogP contribution in [0.15, 0.2) is 183 Å². The third-order valence-electron chi connectivity index (χ3n) is 12.0. The normalized spacial score (nSPS) is 12.8. The van der Waals surface area contributed by atoms with Crippen LogP contribution in [0.4, 0.5) is 11.4 Å². The van der Waals surface area contributed by atoms with Crippen molar-refractivity contribution in [1.29, 1.82) is 0 Å². The average molecular weight is 716 g/mol. The highest BCUT2D eigenvalue weighted by atomic mass is 14.9. The van der Waals surface area contributed by atoms with Crippen molar-refractivity contribution < 1.29 is 0 Å². The molecule has 0 atom stereocenters. The van der Waals surface area contributed by atoms with Crippen molar-refractivity contribution in [3.8, 4) is 44.5 Å². The van der Waals surface area contributed by atoms with Gasteiger partial charge in [-0.3, -0.25) is 0 Å². The number of fused-ring (bicyclic) bond motifs is 7. The third-order valence-corrected chi connectivity index (χ3v) is 12.0. The lowest BCUT2D eigenvalue weighted by atomic mass is 9.80. The van der Waals surface area contributed by atoms with Crippen LogP contribution in [0.1, 0.15) is 36.1 Å². The maximum atomic E-state index is 4.32. The van der Waals surface area contributed by atoms with E-state index < -0.39 is 0 Å². The highest BCUT2D eigenvalue weighted by Crippen LogP contribution is 2.52. The second-order valence-electron chi connectivity index (χ2n) is 15.4. The standard InChI is InChI=1S/C55H41N/c1-5-35-31-49(46-23-14-15-26-53(46)56-39-19-8-7-9-20-39)54-47-24-13-12-22-43(47)48(34-50(54)40(35)6-2)38-28-30-45-44-29-27-37(32-51(44)55(3,4)52(45)33-38)42-25-16-18-36-17-10-11-21-41(36)42/h5-34,56H,1-2H2,3-4H3. The van der Waals surface area contributed by atoms with Crippen molar-refractivity contribution in [2.24, 2.45) is 0 Å². The van der Waals surface area contributed by atoms with Crippen LogP contribution in [0.2, 0.25) is 0 Å². The topological polar surface area (TPSA) is 12.0 Å². The Morgan fingerprint density at radius 2 is 1.05 bits per heavy atom. The van der Waals surface area contributed by atoms with Gasteiger partial charge in [-0.25, -0.2) is 0 Å². The molecule has 0 aromatic heterocycles. The number of hydrogen-bond donors (Lipinski definition) is 1. The summed E-state index contributed by atoms with van der Waals surface area (Å²) in [7, 11) is 0. The Bertz CT molecular complexity index is 3050. The third kappa shape index (κ3) is 5.23. The summed E-state index contributed by atoms with van der Waals surface area (Å²) in [4.78, 5) is 0. The summed E-state index contributed by atoms with van der Waals surface area (Å²) < 4.78 is 0. The van der Waals surface area contributed by atoms with Gasteiger partial charge in [0.15, 0.2) is 0 Å². The van der Waals surface area contributed by atoms with E-state index in [1.54, 1.807) is 0 Å². The zero-order valence-corrected chi connectivity index (χ0v) is 31.7. The molecule has 56 heavy (non-hydrogen) atoms. The molecule has 0 saturated carbocycles. The number of benzene rings is 9. The smallest absolute Gasteiger partial charge is 0.0464 e. The summed E-state index contributed by atoms with van der Waals surface area (Å²) >= 11 is 0. The minimum absolute atomic E-state index is 0.182. The lowest BCUT2D eigenvalue weighted by Gasteiger charge is -2.23. The first kappa shape index (κ1) is 33.6. The minimum Gasteiger partial charge on any atom is -0.355 e. The van der Waals surface area contributed by atoms with Gasteiger partial charge in [-0.1, -0.05) is 167 Å². The molecular weight excluding hydrogens is 675 g/mol. The van der Waals surface area contributed by atoms with Crippen LogP contribution in [0.5, 0.6) is 0 Å². The SMILES string of the molecule is C=Cc1cc(-c2ccccc2Nc2ccccc2)c2c(cc(-c3ccc4c(c3)C(C)(C)c3cc(-c5cccc6ccccc56)ccc3-4)c3ccccc32)c1C=C. The van der Waals surface area contributed by atoms with Crippen molar-refractivity contribution in [2.45, 2.75) is 19.3 Å². The number of nitrogens with one attached hydrogen (secondary N) is 1. The molecule has 0 amide bonds. The largest absolute Gasteiger partial charge is 0.355 e. The summed E-state index contributed by atoms with van der Waals surface area (Å²) in [6.45, 7) is 13.4. The van der Waals surface area contributed by atoms with Gasteiger partial charge in [0, 0.05) is 22.4 Å². The van der Waals surface area contributed by atoms with Crippen LogP contribution in [0.25, 0.3) is 89.0 Å². The molecule has 0 bridgehead atoms. The van der Waals surface area contributed by atoms with E-state index in [9.17, 15) is 0 Å². The molecule has 266 valence electrons. The fraction of sp³-hybridized carbons (Fsp3) is 0.0545. The lowest BCUT2D eigenvalue weighted by molar-refractivity contribution is 0.661. The van der Waals surface area contributed by atoms with Crippen LogP contribution < -0.4 is 5.32 Å². The van der Waals surface area contributed by atoms with Gasteiger partial charge in [-0.15, -0.1) is 0 Å². The Kier molecular flexibility index (Phi) is 7.87. The van der Waals surface area contributed by atoms with Crippen LogP contribution >= 0.6 is 0 Å². The van der Waals surface area contributed by atoms with Crippen molar-refractivity contribution in [1.82, 2.24) is 0 Å². The van der Waals surface area contributed by atoms with Gasteiger partial charge in [0.05, 0.1) is 0 Å². The molecule has 0 saturated heterocycles. The monoisotopic (exact) mass is 715 g/mol. The van der Waals surface area contributed by atoms with E-state index in [0.29, 0.717) is 0 Å². The first-order chi connectivity index (χ1) is 27.4. The molecule has 1 N–H and O–H groups in total. The Morgan fingerprint density at radius 3 is 1.79 bits per heavy atom. The van der Waals surface area contributed by atoms with Gasteiger partial charge in [-0.2, -0.15) is 0 Å². The van der Waals surface area contributed by atoms with Gasteiger partial charge in [0.25, 0.3) is 0 Å². The highest BCUT2D eigenvalue weighted by molar-refractivity contribution is 6.22. The molecular formula is C55H41N. The molecule has 0 unspecified atom stereocenters. The predicted molar refractivity (Wildman–Crippen MR) is 243 cm³/mol. The summed E-state index contributed by atoms with van der Waals surface area (Å²) in [6, 6.07) is 62.0. The van der Waals surface area contributed by atoms with Gasteiger partial charge >= 0.3 is 0 Å². The summed E-state index contributed by atoms with van der Waals surface area (Å²) in [5.41, 5.74) is 16.7. The van der Waals surface area contributed by atoms with E-state index in [1.165, 1.54) is 76.8 Å². The molecule has 0 fully saturated rings. The van der Waals surface area contributed by atoms with Crippen LogP contribution in [0.3, 0.4) is 0 Å². The Labute approximate surface area is 328 Å². The lowest BCUT2D eigenvalue weighted by Crippen LogP contribution is -2.15. The van der Waals surface area contributed by atoms with E-state index in [4.69, 9.17) is 0 Å². The molecule has 1 heteroatoms. The summed E-state index contributed by atoms with van der Waals surface area (Å²) in [5.74, 6) is 0. The second kappa shape index (κ2) is 13.1. The molecule has 0 aliphatic heterocycles. The van der Waals surface area contributed by atoms with E-state index in [2.05, 4.69) is 196 Å². The number of hydrogen-bond acceptors (Lipinski definition) is 1. The van der Waals surface area contributed by atoms with Crippen molar-refractivity contribution >= 4 is 55.8 Å². The summed E-state index contributed by atoms with van der Waals surface area (Å²) in [6.07, 6.45) is 3.95. The summed E-state index contributed by atoms with van der Waals surface area (Å²) in [5, 5.41) is 11.1. The van der Waals surface area contributed by atoms with Crippen molar-refractivity contribution in [3.63, 3.8) is 0 Å². The maximum absolute atomic E-state index is 4.32. The molecule has 9 aromatic carbocycles. The van der Waals surface area contributed by atoms with Crippen LogP contribution in [-0.2, 0) is 5.41 Å². The Morgan fingerprint density at radius 1 is 0.446 bits per heavy atom. The number of anilines is 2. The van der Waals surface area contributed by atoms with Gasteiger partial charge in [-0.05, 0) is 136 Å². The minimum atomic E-state index is -0.182. The molecule has 0 radical (unpaired) electrons. The fourth-order valence-corrected chi connectivity index (χ4v) is 9.24. The molecule has 0 spiro atoms. The number of para-hydroxylation sites is 2. The van der Waals surface area contributed by atoms with Gasteiger partial charge in [0.1, 0.15) is 0 Å². The molecule has 1 aliphatic carbocycles. The van der Waals surface area contributed by atoms with E-state index in [1.807, 2.05) is 18.2 Å². The zero-order chi connectivity index (χ0) is 38.0. The van der Waals surface area contributed by atoms with Gasteiger partial charge < -0.3 is 5.32 Å². The number of rotatable bonds is 7. The van der Waals surface area contributed by atoms with Crippen molar-refractivity contribution in [3.05, 3.63) is 205 Å².